The maximum Gasteiger partial charge on any atom is 0.308 e. The van der Waals surface area contributed by atoms with Crippen molar-refractivity contribution in [1.82, 2.24) is 9.66 Å². The molecule has 0 atom stereocenters. The molecule has 0 bridgehead atoms. The molecule has 2 heterocycles. The highest BCUT2D eigenvalue weighted by atomic mass is 79.9. The molecule has 0 aliphatic heterocycles. The molecule has 0 radical (unpaired) electrons. The Kier molecular flexibility index (Phi) is 6.49. The van der Waals surface area contributed by atoms with Gasteiger partial charge in [0.05, 0.1) is 36.7 Å². The lowest BCUT2D eigenvalue weighted by Gasteiger charge is -2.11. The number of methoxy groups -OCH3 is 2. The normalized spacial score (nSPS) is 11.4. The van der Waals surface area contributed by atoms with Gasteiger partial charge in [0.1, 0.15) is 11.3 Å². The van der Waals surface area contributed by atoms with Crippen LogP contribution in [0.4, 0.5) is 0 Å². The van der Waals surface area contributed by atoms with Crippen molar-refractivity contribution >= 4 is 50.0 Å². The first kappa shape index (κ1) is 24.3. The molecule has 3 aromatic carbocycles. The number of furan rings is 1. The summed E-state index contributed by atoms with van der Waals surface area (Å²) >= 11 is 3.46. The minimum absolute atomic E-state index is 0.220. The molecule has 0 spiro atoms. The average Bonchev–Trinajstić information content (AvgIpc) is 3.33. The number of halogens is 1. The number of esters is 1. The van der Waals surface area contributed by atoms with Crippen molar-refractivity contribution in [1.29, 1.82) is 0 Å². The third-order valence-corrected chi connectivity index (χ3v) is 6.25. The van der Waals surface area contributed by atoms with Gasteiger partial charge in [-0.3, -0.25) is 9.59 Å². The van der Waals surface area contributed by atoms with Crippen LogP contribution in [0.2, 0.25) is 0 Å². The van der Waals surface area contributed by atoms with E-state index >= 15 is 0 Å². The standard InChI is InChI=1S/C27H20BrN3O6/c1-15(32)36-24-13-19(28)16(11-23(24)35-3)14-29-31-26(30-20-8-5-4-7-17(20)27(31)33)25-12-18-21(34-2)9-6-10-22(18)37-25/h4-14H,1-3H3. The third kappa shape index (κ3) is 4.58. The number of carbonyl (C=O) groups is 1. The van der Waals surface area contributed by atoms with Crippen molar-refractivity contribution in [3.05, 3.63) is 81.1 Å². The Labute approximate surface area is 219 Å². The molecule has 37 heavy (non-hydrogen) atoms. The minimum Gasteiger partial charge on any atom is -0.496 e. The average molecular weight is 562 g/mol. The molecule has 5 aromatic rings. The van der Waals surface area contributed by atoms with Gasteiger partial charge in [0.25, 0.3) is 5.56 Å². The predicted octanol–water partition coefficient (Wildman–Crippen LogP) is 5.40. The number of aromatic nitrogens is 2. The van der Waals surface area contributed by atoms with Gasteiger partial charge >= 0.3 is 5.97 Å². The molecule has 0 saturated heterocycles. The van der Waals surface area contributed by atoms with Crippen molar-refractivity contribution < 1.29 is 23.4 Å². The zero-order valence-corrected chi connectivity index (χ0v) is 21.6. The maximum atomic E-state index is 13.5. The fourth-order valence-electron chi connectivity index (χ4n) is 3.88. The molecule has 0 aliphatic carbocycles. The molecule has 5 rings (SSSR count). The van der Waals surface area contributed by atoms with Crippen molar-refractivity contribution in [2.45, 2.75) is 6.92 Å². The Balaban J connectivity index is 1.69. The van der Waals surface area contributed by atoms with Gasteiger partial charge in [0.15, 0.2) is 17.3 Å². The first-order valence-corrected chi connectivity index (χ1v) is 11.9. The number of nitrogens with zero attached hydrogens (tertiary/aromatic N) is 3. The quantitative estimate of drug-likeness (QED) is 0.155. The van der Waals surface area contributed by atoms with Gasteiger partial charge in [-0.1, -0.05) is 18.2 Å². The van der Waals surface area contributed by atoms with E-state index in [-0.39, 0.29) is 17.1 Å². The molecule has 0 saturated carbocycles. The van der Waals surface area contributed by atoms with E-state index in [1.54, 1.807) is 43.5 Å². The second kappa shape index (κ2) is 9.90. The molecule has 2 aromatic heterocycles. The van der Waals surface area contributed by atoms with Crippen LogP contribution in [0.25, 0.3) is 33.5 Å². The molecule has 0 unspecified atom stereocenters. The number of para-hydroxylation sites is 1. The Bertz CT molecular complexity index is 1760. The number of benzene rings is 3. The summed E-state index contributed by atoms with van der Waals surface area (Å²) < 4.78 is 23.8. The van der Waals surface area contributed by atoms with Crippen LogP contribution in [-0.2, 0) is 4.79 Å². The van der Waals surface area contributed by atoms with Gasteiger partial charge in [-0.15, -0.1) is 0 Å². The first-order chi connectivity index (χ1) is 17.9. The van der Waals surface area contributed by atoms with Crippen LogP contribution in [0, 0.1) is 0 Å². The third-order valence-electron chi connectivity index (χ3n) is 5.56. The molecular formula is C27H20BrN3O6. The largest absolute Gasteiger partial charge is 0.496 e. The van der Waals surface area contributed by atoms with E-state index in [0.717, 1.165) is 5.39 Å². The Morgan fingerprint density at radius 2 is 1.78 bits per heavy atom. The highest BCUT2D eigenvalue weighted by molar-refractivity contribution is 9.10. The van der Waals surface area contributed by atoms with Gasteiger partial charge in [-0.05, 0) is 58.4 Å². The summed E-state index contributed by atoms with van der Waals surface area (Å²) in [4.78, 5) is 29.6. The van der Waals surface area contributed by atoms with Crippen LogP contribution >= 0.6 is 15.9 Å². The molecular weight excluding hydrogens is 542 g/mol. The summed E-state index contributed by atoms with van der Waals surface area (Å²) in [5, 5.41) is 5.62. The van der Waals surface area contributed by atoms with Crippen LogP contribution in [0.5, 0.6) is 17.2 Å². The fourth-order valence-corrected chi connectivity index (χ4v) is 4.30. The van der Waals surface area contributed by atoms with Crippen molar-refractivity contribution in [2.24, 2.45) is 5.10 Å². The SMILES string of the molecule is COc1cc(C=Nn2c(-c3cc4c(OC)cccc4o3)nc3ccccc3c2=O)c(Br)cc1OC(C)=O. The zero-order valence-electron chi connectivity index (χ0n) is 20.0. The molecule has 186 valence electrons. The van der Waals surface area contributed by atoms with Crippen molar-refractivity contribution in [3.63, 3.8) is 0 Å². The zero-order chi connectivity index (χ0) is 26.1. The summed E-state index contributed by atoms with van der Waals surface area (Å²) in [6, 6.07) is 17.5. The van der Waals surface area contributed by atoms with Crippen LogP contribution < -0.4 is 19.8 Å². The maximum absolute atomic E-state index is 13.5. The van der Waals surface area contributed by atoms with Gasteiger partial charge in [-0.2, -0.15) is 9.78 Å². The second-order valence-corrected chi connectivity index (χ2v) is 8.77. The second-order valence-electron chi connectivity index (χ2n) is 7.92. The van der Waals surface area contributed by atoms with Gasteiger partial charge < -0.3 is 18.6 Å². The summed E-state index contributed by atoms with van der Waals surface area (Å²) in [5.74, 6) is 1.30. The van der Waals surface area contributed by atoms with Gasteiger partial charge in [0, 0.05) is 17.0 Å². The Hall–Kier alpha value is -4.44. The molecule has 0 amide bonds. The summed E-state index contributed by atoms with van der Waals surface area (Å²) in [6.45, 7) is 1.30. The van der Waals surface area contributed by atoms with Crippen molar-refractivity contribution in [2.75, 3.05) is 14.2 Å². The monoisotopic (exact) mass is 561 g/mol. The number of rotatable bonds is 6. The first-order valence-electron chi connectivity index (χ1n) is 11.1. The summed E-state index contributed by atoms with van der Waals surface area (Å²) in [5.41, 5.74) is 1.30. The Morgan fingerprint density at radius 1 is 1.00 bits per heavy atom. The fraction of sp³-hybridized carbons (Fsp3) is 0.111. The lowest BCUT2D eigenvalue weighted by molar-refractivity contribution is -0.132. The number of carbonyl (C=O) groups excluding carboxylic acids is 1. The summed E-state index contributed by atoms with van der Waals surface area (Å²) in [6.07, 6.45) is 1.48. The van der Waals surface area contributed by atoms with E-state index in [1.807, 2.05) is 24.3 Å². The van der Waals surface area contributed by atoms with Crippen LogP contribution in [0.15, 0.2) is 79.4 Å². The van der Waals surface area contributed by atoms with Gasteiger partial charge in [0.2, 0.25) is 5.82 Å². The van der Waals surface area contributed by atoms with E-state index in [1.165, 1.54) is 24.9 Å². The molecule has 10 heteroatoms. The number of ether oxygens (including phenoxy) is 3. The molecule has 9 nitrogen and oxygen atoms in total. The molecule has 0 aliphatic rings. The number of hydrogen-bond donors (Lipinski definition) is 0. The van der Waals surface area contributed by atoms with Crippen molar-refractivity contribution in [3.8, 4) is 28.8 Å². The van der Waals surface area contributed by atoms with Crippen LogP contribution in [0.3, 0.4) is 0 Å². The lowest BCUT2D eigenvalue weighted by atomic mass is 10.2. The van der Waals surface area contributed by atoms with Gasteiger partial charge in [-0.25, -0.2) is 4.98 Å². The minimum atomic E-state index is -0.479. The summed E-state index contributed by atoms with van der Waals surface area (Å²) in [7, 11) is 3.04. The molecule has 0 N–H and O–H groups in total. The number of hydrogen-bond acceptors (Lipinski definition) is 8. The lowest BCUT2D eigenvalue weighted by Crippen LogP contribution is -2.20. The predicted molar refractivity (Wildman–Crippen MR) is 143 cm³/mol. The highest BCUT2D eigenvalue weighted by Gasteiger charge is 2.18. The smallest absolute Gasteiger partial charge is 0.308 e. The number of fused-ring (bicyclic) bond motifs is 2. The van der Waals surface area contributed by atoms with E-state index in [2.05, 4.69) is 21.0 Å². The van der Waals surface area contributed by atoms with E-state index in [0.29, 0.717) is 43.8 Å². The van der Waals surface area contributed by atoms with E-state index in [4.69, 9.17) is 23.6 Å². The van der Waals surface area contributed by atoms with Crippen LogP contribution in [-0.4, -0.2) is 36.1 Å². The van der Waals surface area contributed by atoms with E-state index in [9.17, 15) is 9.59 Å². The highest BCUT2D eigenvalue weighted by Crippen LogP contribution is 2.34. The van der Waals surface area contributed by atoms with E-state index < -0.39 is 5.97 Å². The Morgan fingerprint density at radius 3 is 2.54 bits per heavy atom. The molecule has 0 fully saturated rings. The topological polar surface area (TPSA) is 105 Å². The van der Waals surface area contributed by atoms with Crippen LogP contribution in [0.1, 0.15) is 12.5 Å².